The second-order valence-corrected chi connectivity index (χ2v) is 8.91. The third-order valence-electron chi connectivity index (χ3n) is 4.88. The Morgan fingerprint density at radius 2 is 1.71 bits per heavy atom. The number of aryl methyl sites for hydroxylation is 3. The maximum atomic E-state index is 13.0. The van der Waals surface area contributed by atoms with Crippen LogP contribution in [0.5, 0.6) is 0 Å². The Morgan fingerprint density at radius 3 is 2.43 bits per heavy atom. The molecule has 28 heavy (non-hydrogen) atoms. The van der Waals surface area contributed by atoms with Crippen molar-refractivity contribution in [2.75, 3.05) is 26.3 Å². The molecule has 2 aromatic rings. The zero-order chi connectivity index (χ0) is 20.3. The number of sulfonamides is 1. The van der Waals surface area contributed by atoms with Crippen LogP contribution in [0.2, 0.25) is 0 Å². The quantitative estimate of drug-likeness (QED) is 0.718. The molecule has 0 amide bonds. The van der Waals surface area contributed by atoms with Gasteiger partial charge in [-0.05, 0) is 49.6 Å². The molecule has 1 fully saturated rings. The van der Waals surface area contributed by atoms with Crippen molar-refractivity contribution in [1.82, 2.24) is 4.31 Å². The molecule has 0 atom stereocenters. The van der Waals surface area contributed by atoms with E-state index in [0.717, 1.165) is 16.7 Å². The summed E-state index contributed by atoms with van der Waals surface area (Å²) in [5.74, 6) is -0.542. The van der Waals surface area contributed by atoms with Gasteiger partial charge in [0.2, 0.25) is 10.0 Å². The summed E-state index contributed by atoms with van der Waals surface area (Å²) in [5.41, 5.74) is 3.88. The second-order valence-electron chi connectivity index (χ2n) is 7.00. The van der Waals surface area contributed by atoms with Gasteiger partial charge in [0.05, 0.1) is 23.7 Å². The summed E-state index contributed by atoms with van der Waals surface area (Å²) in [5, 5.41) is 0. The van der Waals surface area contributed by atoms with Crippen molar-refractivity contribution in [1.29, 1.82) is 0 Å². The van der Waals surface area contributed by atoms with Crippen molar-refractivity contribution in [3.05, 3.63) is 64.2 Å². The highest BCUT2D eigenvalue weighted by Gasteiger charge is 2.28. The molecule has 1 aliphatic rings. The lowest BCUT2D eigenvalue weighted by Crippen LogP contribution is -2.40. The Bertz CT molecular complexity index is 978. The van der Waals surface area contributed by atoms with Gasteiger partial charge in [-0.1, -0.05) is 29.8 Å². The molecule has 3 rings (SSSR count). The summed E-state index contributed by atoms with van der Waals surface area (Å²) < 4.78 is 38.0. The third-order valence-corrected chi connectivity index (χ3v) is 6.92. The monoisotopic (exact) mass is 403 g/mol. The minimum atomic E-state index is -3.68. The topological polar surface area (TPSA) is 72.9 Å². The molecule has 0 N–H and O–H groups in total. The maximum Gasteiger partial charge on any atom is 0.338 e. The molecule has 1 heterocycles. The average Bonchev–Trinajstić information content (AvgIpc) is 2.69. The summed E-state index contributed by atoms with van der Waals surface area (Å²) in [4.78, 5) is 12.7. The van der Waals surface area contributed by atoms with Crippen LogP contribution < -0.4 is 0 Å². The maximum absolute atomic E-state index is 13.0. The summed E-state index contributed by atoms with van der Waals surface area (Å²) in [6, 6.07) is 10.6. The van der Waals surface area contributed by atoms with Gasteiger partial charge < -0.3 is 9.47 Å². The van der Waals surface area contributed by atoms with Gasteiger partial charge in [-0.25, -0.2) is 13.2 Å². The fourth-order valence-electron chi connectivity index (χ4n) is 3.11. The first-order valence-electron chi connectivity index (χ1n) is 9.21. The van der Waals surface area contributed by atoms with Crippen LogP contribution >= 0.6 is 0 Å². The zero-order valence-corrected chi connectivity index (χ0v) is 17.2. The number of morpholine rings is 1. The van der Waals surface area contributed by atoms with E-state index in [0.29, 0.717) is 31.9 Å². The summed E-state index contributed by atoms with van der Waals surface area (Å²) >= 11 is 0. The number of esters is 1. The second kappa shape index (κ2) is 8.43. The number of rotatable bonds is 5. The van der Waals surface area contributed by atoms with Crippen molar-refractivity contribution >= 4 is 16.0 Å². The first kappa shape index (κ1) is 20.5. The highest BCUT2D eigenvalue weighted by atomic mass is 32.2. The van der Waals surface area contributed by atoms with Crippen molar-refractivity contribution in [3.63, 3.8) is 0 Å². The van der Waals surface area contributed by atoms with Crippen LogP contribution in [-0.4, -0.2) is 45.0 Å². The van der Waals surface area contributed by atoms with E-state index >= 15 is 0 Å². The van der Waals surface area contributed by atoms with Crippen molar-refractivity contribution in [2.24, 2.45) is 0 Å². The Balaban J connectivity index is 1.80. The first-order chi connectivity index (χ1) is 13.3. The normalized spacial score (nSPS) is 15.4. The van der Waals surface area contributed by atoms with E-state index < -0.39 is 16.0 Å². The lowest BCUT2D eigenvalue weighted by atomic mass is 10.1. The number of hydrogen-bond acceptors (Lipinski definition) is 5. The van der Waals surface area contributed by atoms with Gasteiger partial charge >= 0.3 is 5.97 Å². The fourth-order valence-corrected chi connectivity index (χ4v) is 4.77. The predicted octanol–water partition coefficient (Wildman–Crippen LogP) is 2.99. The molecule has 0 bridgehead atoms. The lowest BCUT2D eigenvalue weighted by molar-refractivity contribution is 0.0471. The van der Waals surface area contributed by atoms with Gasteiger partial charge in [-0.2, -0.15) is 4.31 Å². The molecule has 2 aromatic carbocycles. The smallest absolute Gasteiger partial charge is 0.338 e. The van der Waals surface area contributed by atoms with E-state index in [1.165, 1.54) is 10.4 Å². The van der Waals surface area contributed by atoms with E-state index in [1.807, 2.05) is 32.0 Å². The number of nitrogens with zero attached hydrogens (tertiary/aromatic N) is 1. The van der Waals surface area contributed by atoms with Gasteiger partial charge in [-0.15, -0.1) is 0 Å². The molecule has 0 aromatic heterocycles. The Morgan fingerprint density at radius 1 is 1.04 bits per heavy atom. The molecule has 1 saturated heterocycles. The lowest BCUT2D eigenvalue weighted by Gasteiger charge is -2.26. The van der Waals surface area contributed by atoms with E-state index in [9.17, 15) is 13.2 Å². The van der Waals surface area contributed by atoms with Crippen LogP contribution in [0.1, 0.15) is 32.6 Å². The molecular weight excluding hydrogens is 378 g/mol. The van der Waals surface area contributed by atoms with Gasteiger partial charge in [0.25, 0.3) is 0 Å². The Hall–Kier alpha value is -2.22. The molecule has 0 spiro atoms. The molecule has 150 valence electrons. The minimum Gasteiger partial charge on any atom is -0.457 e. The number of carbonyl (C=O) groups is 1. The van der Waals surface area contributed by atoms with Gasteiger partial charge in [0.1, 0.15) is 6.61 Å². The van der Waals surface area contributed by atoms with E-state index in [-0.39, 0.29) is 17.1 Å². The number of carbonyl (C=O) groups excluding carboxylic acids is 1. The Labute approximate surface area is 166 Å². The highest BCUT2D eigenvalue weighted by Crippen LogP contribution is 2.23. The highest BCUT2D eigenvalue weighted by molar-refractivity contribution is 7.89. The van der Waals surface area contributed by atoms with Crippen LogP contribution in [0.15, 0.2) is 41.3 Å². The third kappa shape index (κ3) is 4.43. The van der Waals surface area contributed by atoms with Crippen molar-refractivity contribution in [3.8, 4) is 0 Å². The van der Waals surface area contributed by atoms with Crippen LogP contribution in [0.4, 0.5) is 0 Å². The minimum absolute atomic E-state index is 0.135. The van der Waals surface area contributed by atoms with E-state index in [2.05, 4.69) is 0 Å². The predicted molar refractivity (Wildman–Crippen MR) is 106 cm³/mol. The summed E-state index contributed by atoms with van der Waals surface area (Å²) in [6.07, 6.45) is 0. The van der Waals surface area contributed by atoms with Gasteiger partial charge in [0.15, 0.2) is 0 Å². The van der Waals surface area contributed by atoms with Crippen LogP contribution in [0.3, 0.4) is 0 Å². The van der Waals surface area contributed by atoms with Crippen LogP contribution in [0, 0.1) is 20.8 Å². The molecule has 1 aliphatic heterocycles. The SMILES string of the molecule is Cc1ccc(C)c(COC(=O)c2ccc(C)c(S(=O)(=O)N3CCOCC3)c2)c1. The largest absolute Gasteiger partial charge is 0.457 e. The molecule has 7 heteroatoms. The number of hydrogen-bond donors (Lipinski definition) is 0. The number of benzene rings is 2. The van der Waals surface area contributed by atoms with Crippen molar-refractivity contribution < 1.29 is 22.7 Å². The van der Waals surface area contributed by atoms with Crippen LogP contribution in [0.25, 0.3) is 0 Å². The van der Waals surface area contributed by atoms with Gasteiger partial charge in [-0.3, -0.25) is 0 Å². The molecular formula is C21H25NO5S. The molecule has 0 saturated carbocycles. The summed E-state index contributed by atoms with van der Waals surface area (Å²) in [6.45, 7) is 7.16. The molecule has 6 nitrogen and oxygen atoms in total. The standard InChI is InChI=1S/C21H25NO5S/c1-15-4-5-16(2)19(12-15)14-27-21(23)18-7-6-17(3)20(13-18)28(24,25)22-8-10-26-11-9-22/h4-7,12-13H,8-11,14H2,1-3H3. The first-order valence-corrected chi connectivity index (χ1v) is 10.6. The van der Waals surface area contributed by atoms with E-state index in [1.54, 1.807) is 19.1 Å². The molecule has 0 unspecified atom stereocenters. The summed E-state index contributed by atoms with van der Waals surface area (Å²) in [7, 11) is -3.68. The average molecular weight is 404 g/mol. The fraction of sp³-hybridized carbons (Fsp3) is 0.381. The van der Waals surface area contributed by atoms with Crippen molar-refractivity contribution in [2.45, 2.75) is 32.3 Å². The molecule has 0 aliphatic carbocycles. The van der Waals surface area contributed by atoms with Gasteiger partial charge in [0, 0.05) is 13.1 Å². The number of ether oxygens (including phenoxy) is 2. The van der Waals surface area contributed by atoms with Crippen LogP contribution in [-0.2, 0) is 26.1 Å². The molecule has 0 radical (unpaired) electrons. The zero-order valence-electron chi connectivity index (χ0n) is 16.4. The Kier molecular flexibility index (Phi) is 6.17. The van der Waals surface area contributed by atoms with E-state index in [4.69, 9.17) is 9.47 Å².